The number of nitrogen functional groups attached to an aromatic ring is 1. The number of amidine groups is 1. The summed E-state index contributed by atoms with van der Waals surface area (Å²) in [4.78, 5) is 23.2. The predicted molar refractivity (Wildman–Crippen MR) is 120 cm³/mol. The molecule has 2 heterocycles. The van der Waals surface area contributed by atoms with Crippen LogP contribution in [0.25, 0.3) is 10.6 Å². The quantitative estimate of drug-likeness (QED) is 0.336. The summed E-state index contributed by atoms with van der Waals surface area (Å²) in [5, 5.41) is 10.2. The van der Waals surface area contributed by atoms with Crippen LogP contribution in [-0.4, -0.2) is 54.0 Å². The highest BCUT2D eigenvalue weighted by Gasteiger charge is 2.32. The lowest BCUT2D eigenvalue weighted by atomic mass is 10.1. The highest BCUT2D eigenvalue weighted by molar-refractivity contribution is 7.19. The Morgan fingerprint density at radius 1 is 1.30 bits per heavy atom. The second-order valence-electron chi connectivity index (χ2n) is 7.53. The van der Waals surface area contributed by atoms with Crippen LogP contribution in [0.5, 0.6) is 0 Å². The van der Waals surface area contributed by atoms with Crippen LogP contribution in [0.3, 0.4) is 0 Å². The molecule has 1 aromatic carbocycles. The van der Waals surface area contributed by atoms with Gasteiger partial charge >= 0.3 is 6.18 Å². The smallest absolute Gasteiger partial charge is 0.389 e. The molecule has 0 bridgehead atoms. The number of carbonyl (C=O) groups is 1. The summed E-state index contributed by atoms with van der Waals surface area (Å²) in [5.74, 6) is -1.12. The molecule has 2 aromatic rings. The molecule has 1 saturated heterocycles. The number of rotatable bonds is 5. The molecule has 178 valence electrons. The summed E-state index contributed by atoms with van der Waals surface area (Å²) < 4.78 is 53.3. The summed E-state index contributed by atoms with van der Waals surface area (Å²) in [5.41, 5.74) is 4.21. The number of likely N-dealkylation sites (tertiary alicyclic amines) is 1. The predicted octanol–water partition coefficient (Wildman–Crippen LogP) is 4.20. The van der Waals surface area contributed by atoms with Gasteiger partial charge in [-0.2, -0.15) is 13.2 Å². The fourth-order valence-corrected chi connectivity index (χ4v) is 4.49. The fraction of sp³-hybridized carbons (Fsp3) is 0.429. The first-order valence-corrected chi connectivity index (χ1v) is 11.1. The zero-order valence-electron chi connectivity index (χ0n) is 17.9. The lowest BCUT2D eigenvalue weighted by Crippen LogP contribution is -2.50. The molecule has 1 fully saturated rings. The Hall–Kier alpha value is -3.02. The van der Waals surface area contributed by atoms with Crippen molar-refractivity contribution in [1.29, 1.82) is 5.41 Å². The van der Waals surface area contributed by atoms with Crippen LogP contribution < -0.4 is 11.1 Å². The van der Waals surface area contributed by atoms with Crippen LogP contribution in [-0.2, 0) is 6.18 Å². The molecule has 1 aliphatic rings. The van der Waals surface area contributed by atoms with E-state index in [0.29, 0.717) is 35.4 Å². The number of benzene rings is 1. The summed E-state index contributed by atoms with van der Waals surface area (Å²) >= 11 is 0.710. The molecule has 3 rings (SSSR count). The number of thiazole rings is 1. The van der Waals surface area contributed by atoms with Crippen molar-refractivity contribution in [2.45, 2.75) is 37.9 Å². The number of alkyl halides is 3. The largest absolute Gasteiger partial charge is 0.416 e. The molecular weight excluding hydrogens is 460 g/mol. The molecule has 1 unspecified atom stereocenters. The van der Waals surface area contributed by atoms with Gasteiger partial charge in [0.2, 0.25) is 0 Å². The minimum absolute atomic E-state index is 0.0761. The van der Waals surface area contributed by atoms with Crippen molar-refractivity contribution in [3.63, 3.8) is 0 Å². The third-order valence-electron chi connectivity index (χ3n) is 5.28. The molecular formula is C21H24F4N6OS. The van der Waals surface area contributed by atoms with E-state index in [1.807, 2.05) is 4.90 Å². The lowest BCUT2D eigenvalue weighted by molar-refractivity contribution is -0.137. The number of amides is 1. The topological polar surface area (TPSA) is 107 Å². The van der Waals surface area contributed by atoms with Crippen molar-refractivity contribution in [1.82, 2.24) is 15.2 Å². The van der Waals surface area contributed by atoms with Gasteiger partial charge in [-0.15, -0.1) is 0 Å². The van der Waals surface area contributed by atoms with E-state index in [9.17, 15) is 22.4 Å². The van der Waals surface area contributed by atoms with Crippen LogP contribution in [0, 0.1) is 11.2 Å². The Labute approximate surface area is 192 Å². The van der Waals surface area contributed by atoms with Crippen molar-refractivity contribution in [2.75, 3.05) is 25.9 Å². The van der Waals surface area contributed by atoms with E-state index < -0.39 is 35.1 Å². The van der Waals surface area contributed by atoms with E-state index >= 15 is 0 Å². The summed E-state index contributed by atoms with van der Waals surface area (Å²) in [7, 11) is 1.58. The molecule has 4 N–H and O–H groups in total. The van der Waals surface area contributed by atoms with Gasteiger partial charge in [0.15, 0.2) is 5.69 Å². The Kier molecular flexibility index (Phi) is 7.67. The molecule has 0 spiro atoms. The summed E-state index contributed by atoms with van der Waals surface area (Å²) in [6.07, 6.45) is 0.525. The van der Waals surface area contributed by atoms with Gasteiger partial charge in [0.1, 0.15) is 27.7 Å². The average Bonchev–Trinajstić information content (AvgIpc) is 2.96. The highest BCUT2D eigenvalue weighted by atomic mass is 32.1. The number of aliphatic imine (C=N–C) groups is 1. The molecule has 1 aliphatic heterocycles. The van der Waals surface area contributed by atoms with Gasteiger partial charge in [-0.3, -0.25) is 9.79 Å². The second-order valence-corrected chi connectivity index (χ2v) is 8.56. The first-order valence-electron chi connectivity index (χ1n) is 10.3. The Bertz CT molecular complexity index is 1040. The number of anilines is 1. The third kappa shape index (κ3) is 5.67. The Balaban J connectivity index is 1.84. The molecule has 0 saturated carbocycles. The molecule has 0 radical (unpaired) electrons. The zero-order valence-corrected chi connectivity index (χ0v) is 18.7. The number of nitrogens with zero attached hydrogens (tertiary/aromatic N) is 3. The number of hydrogen-bond donors (Lipinski definition) is 3. The SMILES string of the molecule is CN=C(C(C=N)NC(=O)c1nc(-c2cc(C(F)(F)F)ccc2F)sc1N)N1CCCCCC1. The van der Waals surface area contributed by atoms with Gasteiger partial charge < -0.3 is 21.4 Å². The minimum atomic E-state index is -4.66. The monoisotopic (exact) mass is 484 g/mol. The molecule has 1 atom stereocenters. The highest BCUT2D eigenvalue weighted by Crippen LogP contribution is 2.36. The first-order chi connectivity index (χ1) is 15.7. The maximum atomic E-state index is 14.2. The van der Waals surface area contributed by atoms with Gasteiger partial charge in [-0.1, -0.05) is 24.2 Å². The maximum absolute atomic E-state index is 14.2. The van der Waals surface area contributed by atoms with E-state index in [-0.39, 0.29) is 15.7 Å². The number of hydrogen-bond acceptors (Lipinski definition) is 6. The van der Waals surface area contributed by atoms with Gasteiger partial charge in [0, 0.05) is 31.9 Å². The molecule has 7 nitrogen and oxygen atoms in total. The third-order valence-corrected chi connectivity index (χ3v) is 6.20. The summed E-state index contributed by atoms with van der Waals surface area (Å²) in [6.45, 7) is 1.51. The summed E-state index contributed by atoms with van der Waals surface area (Å²) in [6, 6.07) is 1.13. The van der Waals surface area contributed by atoms with E-state index in [2.05, 4.69) is 15.3 Å². The number of nitrogens with two attached hydrogens (primary N) is 1. The number of carbonyl (C=O) groups excluding carboxylic acids is 1. The number of nitrogens with one attached hydrogen (secondary N) is 2. The van der Waals surface area contributed by atoms with Gasteiger partial charge in [-0.05, 0) is 31.0 Å². The van der Waals surface area contributed by atoms with Crippen LogP contribution in [0.1, 0.15) is 41.7 Å². The standard InChI is InChI=1S/C21H24F4N6OS/c1-28-18(31-8-4-2-3-5-9-31)15(11-26)29-19(32)16-17(27)33-20(30-16)13-10-12(21(23,24)25)6-7-14(13)22/h6-7,10-11,15,26H,2-5,8-9,27H2,1H3,(H,29,32). The van der Waals surface area contributed by atoms with Crippen LogP contribution in [0.2, 0.25) is 0 Å². The van der Waals surface area contributed by atoms with Crippen LogP contribution in [0.4, 0.5) is 22.6 Å². The maximum Gasteiger partial charge on any atom is 0.416 e. The average molecular weight is 485 g/mol. The molecule has 12 heteroatoms. The first kappa shape index (κ1) is 24.6. The van der Waals surface area contributed by atoms with Crippen molar-refractivity contribution >= 4 is 34.3 Å². The van der Waals surface area contributed by atoms with E-state index in [4.69, 9.17) is 11.1 Å². The number of halogens is 4. The van der Waals surface area contributed by atoms with E-state index in [1.54, 1.807) is 7.05 Å². The Morgan fingerprint density at radius 3 is 2.55 bits per heavy atom. The zero-order chi connectivity index (χ0) is 24.2. The second kappa shape index (κ2) is 10.3. The van der Waals surface area contributed by atoms with Crippen molar-refractivity contribution < 1.29 is 22.4 Å². The van der Waals surface area contributed by atoms with Crippen LogP contribution >= 0.6 is 11.3 Å². The van der Waals surface area contributed by atoms with Crippen molar-refractivity contribution in [2.24, 2.45) is 4.99 Å². The van der Waals surface area contributed by atoms with E-state index in [0.717, 1.165) is 45.0 Å². The lowest BCUT2D eigenvalue weighted by Gasteiger charge is -2.28. The molecule has 1 aromatic heterocycles. The van der Waals surface area contributed by atoms with Crippen LogP contribution in [0.15, 0.2) is 23.2 Å². The van der Waals surface area contributed by atoms with Crippen molar-refractivity contribution in [3.8, 4) is 10.6 Å². The Morgan fingerprint density at radius 2 is 1.97 bits per heavy atom. The minimum Gasteiger partial charge on any atom is -0.389 e. The van der Waals surface area contributed by atoms with Crippen molar-refractivity contribution in [3.05, 3.63) is 35.3 Å². The van der Waals surface area contributed by atoms with Gasteiger partial charge in [0.25, 0.3) is 5.91 Å². The normalized spacial score (nSPS) is 16.3. The van der Waals surface area contributed by atoms with Gasteiger partial charge in [-0.25, -0.2) is 9.37 Å². The molecule has 1 amide bonds. The number of aromatic nitrogens is 1. The fourth-order valence-electron chi connectivity index (χ4n) is 3.64. The van der Waals surface area contributed by atoms with E-state index in [1.165, 1.54) is 0 Å². The molecule has 33 heavy (non-hydrogen) atoms. The molecule has 0 aliphatic carbocycles. The van der Waals surface area contributed by atoms with Gasteiger partial charge in [0.05, 0.1) is 5.56 Å².